The Morgan fingerprint density at radius 2 is 1.44 bits per heavy atom. The van der Waals surface area contributed by atoms with E-state index in [1.54, 1.807) is 36.4 Å². The van der Waals surface area contributed by atoms with Gasteiger partial charge in [-0.2, -0.15) is 0 Å². The largest absolute Gasteiger partial charge is 0.484 e. The maximum absolute atomic E-state index is 12.4. The Morgan fingerprint density at radius 3 is 2.06 bits per heavy atom. The Bertz CT molecular complexity index is 1070. The van der Waals surface area contributed by atoms with Gasteiger partial charge in [0.25, 0.3) is 11.8 Å². The molecule has 3 rings (SSSR count). The highest BCUT2D eigenvalue weighted by molar-refractivity contribution is 9.10. The molecule has 0 heterocycles. The Morgan fingerprint density at radius 1 is 0.812 bits per heavy atom. The van der Waals surface area contributed by atoms with Crippen molar-refractivity contribution in [1.82, 2.24) is 0 Å². The van der Waals surface area contributed by atoms with Gasteiger partial charge < -0.3 is 20.1 Å². The minimum absolute atomic E-state index is 0.111. The number of nitrogens with one attached hydrogen (secondary N) is 2. The monoisotopic (exact) mass is 496 g/mol. The minimum Gasteiger partial charge on any atom is -0.484 e. The van der Waals surface area contributed by atoms with Gasteiger partial charge in [-0.1, -0.05) is 54.0 Å². The fraction of sp³-hybridized carbons (Fsp3) is 0.200. The number of ether oxygens (including phenoxy) is 2. The molecule has 0 unspecified atom stereocenters. The second-order valence-electron chi connectivity index (χ2n) is 7.40. The van der Waals surface area contributed by atoms with Gasteiger partial charge in [0.15, 0.2) is 13.2 Å². The van der Waals surface area contributed by atoms with E-state index in [2.05, 4.69) is 40.4 Å². The number of amides is 2. The molecule has 0 radical (unpaired) electrons. The van der Waals surface area contributed by atoms with Crippen LogP contribution in [0.4, 0.5) is 11.4 Å². The van der Waals surface area contributed by atoms with Crippen molar-refractivity contribution in [3.63, 3.8) is 0 Å². The molecule has 0 aromatic heterocycles. The van der Waals surface area contributed by atoms with E-state index in [0.29, 0.717) is 22.9 Å². The third-order valence-corrected chi connectivity index (χ3v) is 4.99. The second kappa shape index (κ2) is 11.3. The number of rotatable bonds is 9. The highest BCUT2D eigenvalue weighted by atomic mass is 79.9. The molecule has 0 aliphatic rings. The summed E-state index contributed by atoms with van der Waals surface area (Å²) in [6, 6.07) is 21.7. The van der Waals surface area contributed by atoms with Crippen LogP contribution in [-0.4, -0.2) is 25.0 Å². The Hall–Kier alpha value is -3.32. The zero-order valence-electron chi connectivity index (χ0n) is 17.9. The van der Waals surface area contributed by atoms with Gasteiger partial charge in [-0.25, -0.2) is 0 Å². The van der Waals surface area contributed by atoms with E-state index in [1.807, 2.05) is 36.4 Å². The van der Waals surface area contributed by atoms with Gasteiger partial charge in [0.05, 0.1) is 0 Å². The van der Waals surface area contributed by atoms with Gasteiger partial charge in [0.2, 0.25) is 0 Å². The molecule has 32 heavy (non-hydrogen) atoms. The number of hydrogen-bond donors (Lipinski definition) is 2. The van der Waals surface area contributed by atoms with Crippen LogP contribution in [0.5, 0.6) is 11.5 Å². The smallest absolute Gasteiger partial charge is 0.262 e. The van der Waals surface area contributed by atoms with Gasteiger partial charge in [-0.05, 0) is 60.0 Å². The quantitative estimate of drug-likeness (QED) is 0.403. The molecule has 3 aromatic carbocycles. The number of halogens is 1. The summed E-state index contributed by atoms with van der Waals surface area (Å²) in [5.74, 6) is 0.972. The molecule has 7 heteroatoms. The predicted octanol–water partition coefficient (Wildman–Crippen LogP) is 5.61. The molecule has 166 valence electrons. The number of carbonyl (C=O) groups excluding carboxylic acids is 2. The fourth-order valence-electron chi connectivity index (χ4n) is 2.98. The molecule has 0 aliphatic carbocycles. The van der Waals surface area contributed by atoms with E-state index in [9.17, 15) is 9.59 Å². The maximum Gasteiger partial charge on any atom is 0.262 e. The number of anilines is 2. The van der Waals surface area contributed by atoms with Gasteiger partial charge >= 0.3 is 0 Å². The summed E-state index contributed by atoms with van der Waals surface area (Å²) < 4.78 is 12.1. The van der Waals surface area contributed by atoms with E-state index in [4.69, 9.17) is 9.47 Å². The molecule has 0 bridgehead atoms. The lowest BCUT2D eigenvalue weighted by atomic mass is 10.0. The third kappa shape index (κ3) is 7.13. The van der Waals surface area contributed by atoms with Crippen molar-refractivity contribution in [3.05, 3.63) is 82.8 Å². The first kappa shape index (κ1) is 23.3. The molecular formula is C25H25BrN2O4. The molecule has 0 aliphatic heterocycles. The van der Waals surface area contributed by atoms with Crippen LogP contribution in [0.3, 0.4) is 0 Å². The van der Waals surface area contributed by atoms with Crippen molar-refractivity contribution in [2.75, 3.05) is 23.8 Å². The molecule has 3 aromatic rings. The van der Waals surface area contributed by atoms with Crippen LogP contribution in [-0.2, 0) is 9.59 Å². The lowest BCUT2D eigenvalue weighted by molar-refractivity contribution is -0.118. The van der Waals surface area contributed by atoms with Crippen LogP contribution < -0.4 is 20.1 Å². The normalized spacial score (nSPS) is 10.5. The lowest BCUT2D eigenvalue weighted by Gasteiger charge is -2.14. The maximum atomic E-state index is 12.4. The number of hydrogen-bond acceptors (Lipinski definition) is 4. The van der Waals surface area contributed by atoms with Crippen LogP contribution in [0.2, 0.25) is 0 Å². The first-order chi connectivity index (χ1) is 15.4. The molecule has 2 N–H and O–H groups in total. The molecule has 0 saturated carbocycles. The van der Waals surface area contributed by atoms with Crippen LogP contribution in [0.1, 0.15) is 25.3 Å². The molecule has 0 atom stereocenters. The molecule has 0 saturated heterocycles. The van der Waals surface area contributed by atoms with Gasteiger partial charge in [0, 0.05) is 15.8 Å². The first-order valence-corrected chi connectivity index (χ1v) is 11.0. The second-order valence-corrected chi connectivity index (χ2v) is 8.32. The van der Waals surface area contributed by atoms with Crippen molar-refractivity contribution in [2.24, 2.45) is 0 Å². The highest BCUT2D eigenvalue weighted by Gasteiger charge is 2.11. The first-order valence-electron chi connectivity index (χ1n) is 10.2. The van der Waals surface area contributed by atoms with Crippen molar-refractivity contribution in [1.29, 1.82) is 0 Å². The van der Waals surface area contributed by atoms with Crippen LogP contribution in [0.15, 0.2) is 77.3 Å². The molecular weight excluding hydrogens is 472 g/mol. The predicted molar refractivity (Wildman–Crippen MR) is 129 cm³/mol. The minimum atomic E-state index is -0.294. The summed E-state index contributed by atoms with van der Waals surface area (Å²) >= 11 is 3.46. The molecule has 0 spiro atoms. The van der Waals surface area contributed by atoms with E-state index >= 15 is 0 Å². The van der Waals surface area contributed by atoms with E-state index < -0.39 is 0 Å². The zero-order valence-corrected chi connectivity index (χ0v) is 19.5. The number of carbonyl (C=O) groups is 2. The van der Waals surface area contributed by atoms with Gasteiger partial charge in [-0.3, -0.25) is 9.59 Å². The summed E-state index contributed by atoms with van der Waals surface area (Å²) in [4.78, 5) is 24.5. The van der Waals surface area contributed by atoms with Crippen LogP contribution in [0.25, 0.3) is 0 Å². The summed E-state index contributed by atoms with van der Waals surface area (Å²) in [5.41, 5.74) is 2.13. The van der Waals surface area contributed by atoms with Gasteiger partial charge in [0.1, 0.15) is 11.5 Å². The third-order valence-electron chi connectivity index (χ3n) is 4.50. The highest BCUT2D eigenvalue weighted by Crippen LogP contribution is 2.29. The summed E-state index contributed by atoms with van der Waals surface area (Å²) in [7, 11) is 0. The average molecular weight is 497 g/mol. The van der Waals surface area contributed by atoms with Crippen LogP contribution in [0, 0.1) is 0 Å². The fourth-order valence-corrected chi connectivity index (χ4v) is 3.36. The van der Waals surface area contributed by atoms with Crippen molar-refractivity contribution in [3.8, 4) is 11.5 Å². The molecule has 6 nitrogen and oxygen atoms in total. The summed E-state index contributed by atoms with van der Waals surface area (Å²) in [6.07, 6.45) is 0. The Kier molecular flexibility index (Phi) is 8.27. The van der Waals surface area contributed by atoms with Crippen molar-refractivity contribution in [2.45, 2.75) is 19.8 Å². The van der Waals surface area contributed by atoms with Gasteiger partial charge in [-0.15, -0.1) is 0 Å². The van der Waals surface area contributed by atoms with E-state index in [1.165, 1.54) is 0 Å². The van der Waals surface area contributed by atoms with Crippen molar-refractivity contribution < 1.29 is 19.1 Å². The average Bonchev–Trinajstić information content (AvgIpc) is 2.77. The lowest BCUT2D eigenvalue weighted by Crippen LogP contribution is -2.21. The van der Waals surface area contributed by atoms with Crippen LogP contribution >= 0.6 is 15.9 Å². The van der Waals surface area contributed by atoms with Crippen molar-refractivity contribution >= 4 is 39.1 Å². The van der Waals surface area contributed by atoms with E-state index in [-0.39, 0.29) is 30.9 Å². The number of para-hydroxylation sites is 1. The zero-order chi connectivity index (χ0) is 22.9. The topological polar surface area (TPSA) is 76.7 Å². The Balaban J connectivity index is 1.52. The molecule has 0 fully saturated rings. The summed E-state index contributed by atoms with van der Waals surface area (Å²) in [6.45, 7) is 3.90. The van der Waals surface area contributed by atoms with E-state index in [0.717, 1.165) is 10.0 Å². The standard InChI is InChI=1S/C25H25BrN2O4/c1-17(2)22-13-18(26)11-12-23(22)32-16-25(30)28-20-8-6-7-19(14-20)27-24(29)15-31-21-9-4-3-5-10-21/h3-14,17H,15-16H2,1-2H3,(H,27,29)(H,28,30). The SMILES string of the molecule is CC(C)c1cc(Br)ccc1OCC(=O)Nc1cccc(NC(=O)COc2ccccc2)c1. The Labute approximate surface area is 196 Å². The number of benzene rings is 3. The molecule has 2 amide bonds. The summed E-state index contributed by atoms with van der Waals surface area (Å²) in [5, 5.41) is 5.55.